The lowest BCUT2D eigenvalue weighted by atomic mass is 10.2. The molecule has 0 unspecified atom stereocenters. The molecule has 2 rings (SSSR count). The molecule has 19 heavy (non-hydrogen) atoms. The van der Waals surface area contributed by atoms with Gasteiger partial charge in [-0.2, -0.15) is 0 Å². The zero-order valence-electron chi connectivity index (χ0n) is 10.5. The van der Waals surface area contributed by atoms with Crippen LogP contribution in [0.25, 0.3) is 0 Å². The van der Waals surface area contributed by atoms with Crippen LogP contribution in [-0.2, 0) is 6.54 Å². The standard InChI is InChI=1S/C15H16BrNO2/c16-15-7-6-14(10-12(15)11-17)19-9-8-18-13-4-2-1-3-5-13/h1-7,10H,8-9,11,17H2. The number of ether oxygens (including phenoxy) is 2. The third-order valence-corrected chi connectivity index (χ3v) is 3.37. The Kier molecular flexibility index (Phi) is 5.24. The number of nitrogens with two attached hydrogens (primary N) is 1. The second-order valence-corrected chi connectivity index (χ2v) is 4.82. The van der Waals surface area contributed by atoms with E-state index in [0.717, 1.165) is 21.5 Å². The minimum Gasteiger partial charge on any atom is -0.490 e. The van der Waals surface area contributed by atoms with E-state index in [-0.39, 0.29) is 0 Å². The lowest BCUT2D eigenvalue weighted by Gasteiger charge is -2.10. The molecule has 0 radical (unpaired) electrons. The first kappa shape index (κ1) is 13.9. The Morgan fingerprint density at radius 2 is 1.58 bits per heavy atom. The van der Waals surface area contributed by atoms with Crippen molar-refractivity contribution in [3.8, 4) is 11.5 Å². The first-order valence-corrected chi connectivity index (χ1v) is 6.88. The van der Waals surface area contributed by atoms with Crippen LogP contribution in [0.3, 0.4) is 0 Å². The van der Waals surface area contributed by atoms with E-state index in [0.29, 0.717) is 19.8 Å². The topological polar surface area (TPSA) is 44.5 Å². The molecule has 100 valence electrons. The minimum atomic E-state index is 0.484. The third-order valence-electron chi connectivity index (χ3n) is 2.60. The maximum absolute atomic E-state index is 5.64. The Hall–Kier alpha value is -1.52. The summed E-state index contributed by atoms with van der Waals surface area (Å²) in [5.74, 6) is 1.66. The Bertz CT molecular complexity index is 517. The molecule has 0 aromatic heterocycles. The molecule has 0 atom stereocenters. The maximum Gasteiger partial charge on any atom is 0.122 e. The van der Waals surface area contributed by atoms with Gasteiger partial charge in [0.15, 0.2) is 0 Å². The van der Waals surface area contributed by atoms with Gasteiger partial charge in [0.1, 0.15) is 24.7 Å². The van der Waals surface area contributed by atoms with Gasteiger partial charge in [0.05, 0.1) is 0 Å². The number of hydrogen-bond donors (Lipinski definition) is 1. The van der Waals surface area contributed by atoms with Crippen molar-refractivity contribution in [2.24, 2.45) is 5.73 Å². The van der Waals surface area contributed by atoms with Crippen LogP contribution >= 0.6 is 15.9 Å². The molecule has 0 bridgehead atoms. The van der Waals surface area contributed by atoms with E-state index < -0.39 is 0 Å². The van der Waals surface area contributed by atoms with E-state index in [1.54, 1.807) is 0 Å². The van der Waals surface area contributed by atoms with Crippen molar-refractivity contribution in [1.29, 1.82) is 0 Å². The highest BCUT2D eigenvalue weighted by Crippen LogP contribution is 2.22. The lowest BCUT2D eigenvalue weighted by Crippen LogP contribution is -2.09. The zero-order chi connectivity index (χ0) is 13.5. The number of para-hydroxylation sites is 1. The number of halogens is 1. The maximum atomic E-state index is 5.64. The van der Waals surface area contributed by atoms with Gasteiger partial charge in [-0.1, -0.05) is 34.1 Å². The van der Waals surface area contributed by atoms with Gasteiger partial charge < -0.3 is 15.2 Å². The van der Waals surface area contributed by atoms with E-state index in [2.05, 4.69) is 15.9 Å². The van der Waals surface area contributed by atoms with Crippen molar-refractivity contribution in [3.05, 3.63) is 58.6 Å². The summed E-state index contributed by atoms with van der Waals surface area (Å²) in [7, 11) is 0. The van der Waals surface area contributed by atoms with Crippen LogP contribution in [0.5, 0.6) is 11.5 Å². The van der Waals surface area contributed by atoms with Gasteiger partial charge in [0.25, 0.3) is 0 Å². The summed E-state index contributed by atoms with van der Waals surface area (Å²) < 4.78 is 12.2. The van der Waals surface area contributed by atoms with Crippen molar-refractivity contribution < 1.29 is 9.47 Å². The molecule has 0 aliphatic carbocycles. The Morgan fingerprint density at radius 1 is 0.895 bits per heavy atom. The van der Waals surface area contributed by atoms with Crippen LogP contribution in [0.2, 0.25) is 0 Å². The average molecular weight is 322 g/mol. The minimum absolute atomic E-state index is 0.484. The molecule has 4 heteroatoms. The second kappa shape index (κ2) is 7.16. The number of benzene rings is 2. The lowest BCUT2D eigenvalue weighted by molar-refractivity contribution is 0.217. The Morgan fingerprint density at radius 3 is 2.26 bits per heavy atom. The molecule has 0 saturated carbocycles. The van der Waals surface area contributed by atoms with Gasteiger partial charge in [0.2, 0.25) is 0 Å². The van der Waals surface area contributed by atoms with Crippen LogP contribution in [0.1, 0.15) is 5.56 Å². The highest BCUT2D eigenvalue weighted by atomic mass is 79.9. The van der Waals surface area contributed by atoms with Gasteiger partial charge in [-0.05, 0) is 35.9 Å². The molecule has 0 amide bonds. The molecular formula is C15H16BrNO2. The summed E-state index contributed by atoms with van der Waals surface area (Å²) in [6.07, 6.45) is 0. The highest BCUT2D eigenvalue weighted by molar-refractivity contribution is 9.10. The smallest absolute Gasteiger partial charge is 0.122 e. The largest absolute Gasteiger partial charge is 0.490 e. The fourth-order valence-electron chi connectivity index (χ4n) is 1.63. The summed E-state index contributed by atoms with van der Waals surface area (Å²) in [5.41, 5.74) is 6.67. The molecule has 2 N–H and O–H groups in total. The molecule has 3 nitrogen and oxygen atoms in total. The summed E-state index contributed by atoms with van der Waals surface area (Å²) in [6, 6.07) is 15.5. The quantitative estimate of drug-likeness (QED) is 0.830. The van der Waals surface area contributed by atoms with Crippen molar-refractivity contribution in [3.63, 3.8) is 0 Å². The Labute approximate surface area is 121 Å². The number of hydrogen-bond acceptors (Lipinski definition) is 3. The predicted molar refractivity (Wildman–Crippen MR) is 79.5 cm³/mol. The molecule has 0 aliphatic heterocycles. The average Bonchev–Trinajstić information content (AvgIpc) is 2.46. The van der Waals surface area contributed by atoms with Crippen molar-refractivity contribution in [2.45, 2.75) is 6.54 Å². The van der Waals surface area contributed by atoms with Crippen molar-refractivity contribution in [1.82, 2.24) is 0 Å². The predicted octanol–water partition coefficient (Wildman–Crippen LogP) is 3.37. The molecule has 0 fully saturated rings. The summed E-state index contributed by atoms with van der Waals surface area (Å²) in [5, 5.41) is 0. The van der Waals surface area contributed by atoms with Crippen molar-refractivity contribution in [2.75, 3.05) is 13.2 Å². The van der Waals surface area contributed by atoms with E-state index in [1.807, 2.05) is 48.5 Å². The first-order valence-electron chi connectivity index (χ1n) is 6.09. The molecule has 0 saturated heterocycles. The van der Waals surface area contributed by atoms with Crippen LogP contribution in [0.15, 0.2) is 53.0 Å². The second-order valence-electron chi connectivity index (χ2n) is 3.97. The zero-order valence-corrected chi connectivity index (χ0v) is 12.1. The molecular weight excluding hydrogens is 306 g/mol. The van der Waals surface area contributed by atoms with Crippen molar-refractivity contribution >= 4 is 15.9 Å². The fraction of sp³-hybridized carbons (Fsp3) is 0.200. The Balaban J connectivity index is 1.80. The van der Waals surface area contributed by atoms with Crippen LogP contribution in [-0.4, -0.2) is 13.2 Å². The van der Waals surface area contributed by atoms with Gasteiger partial charge in [-0.3, -0.25) is 0 Å². The summed E-state index contributed by atoms with van der Waals surface area (Å²) in [6.45, 7) is 1.50. The molecule has 0 aliphatic rings. The summed E-state index contributed by atoms with van der Waals surface area (Å²) in [4.78, 5) is 0. The van der Waals surface area contributed by atoms with Crippen LogP contribution < -0.4 is 15.2 Å². The van der Waals surface area contributed by atoms with E-state index >= 15 is 0 Å². The molecule has 2 aromatic rings. The monoisotopic (exact) mass is 321 g/mol. The van der Waals surface area contributed by atoms with E-state index in [9.17, 15) is 0 Å². The van der Waals surface area contributed by atoms with Gasteiger partial charge >= 0.3 is 0 Å². The third kappa shape index (κ3) is 4.26. The van der Waals surface area contributed by atoms with E-state index in [4.69, 9.17) is 15.2 Å². The van der Waals surface area contributed by atoms with Gasteiger partial charge in [-0.15, -0.1) is 0 Å². The SMILES string of the molecule is NCc1cc(OCCOc2ccccc2)ccc1Br. The first-order chi connectivity index (χ1) is 9.29. The molecule has 2 aromatic carbocycles. The molecule has 0 spiro atoms. The molecule has 0 heterocycles. The van der Waals surface area contributed by atoms with E-state index in [1.165, 1.54) is 0 Å². The van der Waals surface area contributed by atoms with Gasteiger partial charge in [0, 0.05) is 11.0 Å². The van der Waals surface area contributed by atoms with Crippen LogP contribution in [0, 0.1) is 0 Å². The summed E-state index contributed by atoms with van der Waals surface area (Å²) >= 11 is 3.44. The van der Waals surface area contributed by atoms with Crippen LogP contribution in [0.4, 0.5) is 0 Å². The highest BCUT2D eigenvalue weighted by Gasteiger charge is 2.01. The number of rotatable bonds is 6. The normalized spacial score (nSPS) is 10.2. The van der Waals surface area contributed by atoms with Gasteiger partial charge in [-0.25, -0.2) is 0 Å². The fourth-order valence-corrected chi connectivity index (χ4v) is 2.04.